The van der Waals surface area contributed by atoms with Gasteiger partial charge in [0.15, 0.2) is 0 Å². The molecule has 0 aliphatic heterocycles. The van der Waals surface area contributed by atoms with Gasteiger partial charge < -0.3 is 86.8 Å². The lowest BCUT2D eigenvalue weighted by Crippen LogP contribution is -1.92. The first-order valence-electron chi connectivity index (χ1n) is 26.6. The van der Waals surface area contributed by atoms with E-state index in [1.807, 2.05) is 0 Å². The largest absolute Gasteiger partial charge is 0.478 e. The van der Waals surface area contributed by atoms with Crippen molar-refractivity contribution in [2.75, 3.05) is 106 Å². The molecule has 0 aromatic rings. The summed E-state index contributed by atoms with van der Waals surface area (Å²) in [5, 5.41) is 141. The van der Waals surface area contributed by atoms with Gasteiger partial charge in [0.25, 0.3) is 0 Å². The molecule has 0 saturated carbocycles. The minimum absolute atomic E-state index is 0.176. The predicted molar refractivity (Wildman–Crippen MR) is 284 cm³/mol. The lowest BCUT2D eigenvalue weighted by atomic mass is 10.2. The zero-order chi connectivity index (χ0) is 55.1. The van der Waals surface area contributed by atoms with Crippen LogP contribution in [-0.2, 0) is 4.79 Å². The van der Waals surface area contributed by atoms with E-state index in [0.717, 1.165) is 205 Å². The number of aliphatic hydroxyl groups excluding tert-OH is 16. The molecule has 0 aromatic heterocycles. The molecule has 0 heterocycles. The SMILES string of the molecule is C=C(C)C(=O)O.OCCCCCCO.OCCCCCCO.OCCCCCCO.OCCCCCCO.OCCCCCCO.OCCCCCCO.OCCCCCCO.OCCCCCCO. The summed E-state index contributed by atoms with van der Waals surface area (Å²) >= 11 is 0. The molecule has 0 atom stereocenters. The minimum atomic E-state index is -0.935. The summed E-state index contributed by atoms with van der Waals surface area (Å²) in [5.41, 5.74) is 0.176. The molecule has 0 amide bonds. The van der Waals surface area contributed by atoms with Gasteiger partial charge in [-0.2, -0.15) is 0 Å². The number of aliphatic hydroxyl groups is 16. The molecule has 0 aromatic carbocycles. The third-order valence-corrected chi connectivity index (χ3v) is 8.89. The summed E-state index contributed by atoms with van der Waals surface area (Å²) in [6, 6.07) is 0. The Morgan fingerprint density at radius 1 is 0.214 bits per heavy atom. The van der Waals surface area contributed by atoms with Crippen molar-refractivity contribution in [3.05, 3.63) is 12.2 Å². The number of rotatable bonds is 41. The summed E-state index contributed by atoms with van der Waals surface area (Å²) in [6.07, 6.45) is 30.6. The van der Waals surface area contributed by atoms with Gasteiger partial charge in [-0.3, -0.25) is 0 Å². The third kappa shape index (κ3) is 158. The van der Waals surface area contributed by atoms with Gasteiger partial charge in [0.1, 0.15) is 0 Å². The molecule has 0 radical (unpaired) electrons. The zero-order valence-corrected chi connectivity index (χ0v) is 44.7. The first kappa shape index (κ1) is 88.2. The van der Waals surface area contributed by atoms with E-state index in [9.17, 15) is 4.79 Å². The number of carboxylic acid groups (broad SMARTS) is 1. The third-order valence-electron chi connectivity index (χ3n) is 8.89. The highest BCUT2D eigenvalue weighted by Crippen LogP contribution is 2.01. The standard InChI is InChI=1S/8C6H14O2.C4H6O2/c8*7-5-3-1-2-4-6-8;1-3(2)4(5)6/h8*7-8H,1-6H2;1H2,2H3,(H,5,6). The van der Waals surface area contributed by atoms with E-state index in [0.29, 0.717) is 0 Å². The Hall–Kier alpha value is -1.43. The van der Waals surface area contributed by atoms with E-state index in [4.69, 9.17) is 86.8 Å². The second kappa shape index (κ2) is 108. The quantitative estimate of drug-likeness (QED) is 0.0286. The highest BCUT2D eigenvalue weighted by molar-refractivity contribution is 5.84. The fourth-order valence-electron chi connectivity index (χ4n) is 4.62. The summed E-state index contributed by atoms with van der Waals surface area (Å²) in [5.74, 6) is -0.935. The Morgan fingerprint density at radius 3 is 0.300 bits per heavy atom. The van der Waals surface area contributed by atoms with Crippen molar-refractivity contribution in [1.82, 2.24) is 0 Å². The maximum atomic E-state index is 9.60. The fraction of sp³-hybridized carbons (Fsp3) is 0.942. The molecule has 18 nitrogen and oxygen atoms in total. The Bertz CT molecular complexity index is 554. The predicted octanol–water partition coefficient (Wildman–Crippen LogP) is 4.90. The number of hydrogen-bond acceptors (Lipinski definition) is 17. The van der Waals surface area contributed by atoms with Gasteiger partial charge >= 0.3 is 5.97 Å². The number of carboxylic acids is 1. The van der Waals surface area contributed by atoms with Crippen LogP contribution in [0.15, 0.2) is 12.2 Å². The normalized spacial score (nSPS) is 9.56. The van der Waals surface area contributed by atoms with Crippen LogP contribution in [0.4, 0.5) is 0 Å². The van der Waals surface area contributed by atoms with Crippen LogP contribution in [0.25, 0.3) is 0 Å². The van der Waals surface area contributed by atoms with Crippen molar-refractivity contribution in [1.29, 1.82) is 0 Å². The van der Waals surface area contributed by atoms with Gasteiger partial charge in [-0.25, -0.2) is 4.79 Å². The van der Waals surface area contributed by atoms with Crippen LogP contribution in [0, 0.1) is 0 Å². The molecule has 0 unspecified atom stereocenters. The van der Waals surface area contributed by atoms with Gasteiger partial charge in [-0.1, -0.05) is 109 Å². The first-order valence-corrected chi connectivity index (χ1v) is 26.6. The van der Waals surface area contributed by atoms with Gasteiger partial charge in [-0.05, 0) is 110 Å². The van der Waals surface area contributed by atoms with Crippen molar-refractivity contribution in [3.63, 3.8) is 0 Å². The van der Waals surface area contributed by atoms with Crippen molar-refractivity contribution in [2.45, 2.75) is 212 Å². The van der Waals surface area contributed by atoms with Crippen molar-refractivity contribution in [3.8, 4) is 0 Å². The van der Waals surface area contributed by atoms with Crippen LogP contribution in [0.2, 0.25) is 0 Å². The fourth-order valence-corrected chi connectivity index (χ4v) is 4.62. The maximum absolute atomic E-state index is 9.60. The van der Waals surface area contributed by atoms with E-state index in [1.54, 1.807) is 0 Å². The van der Waals surface area contributed by atoms with Gasteiger partial charge in [0.2, 0.25) is 0 Å². The van der Waals surface area contributed by atoms with Crippen LogP contribution in [0.5, 0.6) is 0 Å². The molecule has 0 bridgehead atoms. The zero-order valence-electron chi connectivity index (χ0n) is 44.7. The van der Waals surface area contributed by atoms with Gasteiger partial charge in [-0.15, -0.1) is 0 Å². The molecule has 434 valence electrons. The Balaban J connectivity index is -0.0000000855. The summed E-state index contributed by atoms with van der Waals surface area (Å²) < 4.78 is 0. The topological polar surface area (TPSA) is 361 Å². The van der Waals surface area contributed by atoms with Crippen molar-refractivity contribution in [2.24, 2.45) is 0 Å². The molecule has 0 spiro atoms. The van der Waals surface area contributed by atoms with Crippen LogP contribution < -0.4 is 0 Å². The highest BCUT2D eigenvalue weighted by atomic mass is 16.4. The first-order chi connectivity index (χ1) is 34.0. The van der Waals surface area contributed by atoms with E-state index in [1.165, 1.54) is 6.92 Å². The Labute approximate surface area is 426 Å². The summed E-state index contributed by atoms with van der Waals surface area (Å²) in [7, 11) is 0. The molecule has 0 aliphatic carbocycles. The van der Waals surface area contributed by atoms with Crippen molar-refractivity contribution < 1.29 is 91.6 Å². The lowest BCUT2D eigenvalue weighted by Gasteiger charge is -1.93. The average Bonchev–Trinajstić information content (AvgIpc) is 3.37. The molecule has 0 aliphatic rings. The summed E-state index contributed by atoms with van der Waals surface area (Å²) in [6.45, 7) is 9.13. The average molecular weight is 1030 g/mol. The van der Waals surface area contributed by atoms with Crippen LogP contribution in [0.3, 0.4) is 0 Å². The van der Waals surface area contributed by atoms with E-state index >= 15 is 0 Å². The molecule has 18 heteroatoms. The molecule has 0 saturated heterocycles. The number of unbranched alkanes of at least 4 members (excludes halogenated alkanes) is 24. The Kier molecular flexibility index (Phi) is 137. The monoisotopic (exact) mass is 1030 g/mol. The molecular formula is C52H118O18. The maximum Gasteiger partial charge on any atom is 0.330 e. The molecule has 17 N–H and O–H groups in total. The summed E-state index contributed by atoms with van der Waals surface area (Å²) in [4.78, 5) is 9.60. The van der Waals surface area contributed by atoms with Crippen molar-refractivity contribution >= 4 is 5.97 Å². The number of aliphatic carboxylic acids is 1. The van der Waals surface area contributed by atoms with E-state index in [-0.39, 0.29) is 111 Å². The highest BCUT2D eigenvalue weighted by Gasteiger charge is 1.91. The molecule has 0 rings (SSSR count). The van der Waals surface area contributed by atoms with E-state index < -0.39 is 5.97 Å². The minimum Gasteiger partial charge on any atom is -0.478 e. The Morgan fingerprint density at radius 2 is 0.271 bits per heavy atom. The van der Waals surface area contributed by atoms with Crippen LogP contribution in [0.1, 0.15) is 212 Å². The smallest absolute Gasteiger partial charge is 0.330 e. The molecule has 0 fully saturated rings. The number of carbonyl (C=O) groups is 1. The van der Waals surface area contributed by atoms with Gasteiger partial charge in [0, 0.05) is 111 Å². The second-order valence-corrected chi connectivity index (χ2v) is 16.0. The second-order valence-electron chi connectivity index (χ2n) is 16.0. The molecule has 70 heavy (non-hydrogen) atoms. The van der Waals surface area contributed by atoms with Gasteiger partial charge in [0.05, 0.1) is 0 Å². The lowest BCUT2D eigenvalue weighted by molar-refractivity contribution is -0.132. The van der Waals surface area contributed by atoms with Crippen LogP contribution >= 0.6 is 0 Å². The van der Waals surface area contributed by atoms with E-state index in [2.05, 4.69) is 6.58 Å². The molecular weight excluding hydrogens is 913 g/mol. The van der Waals surface area contributed by atoms with Crippen LogP contribution in [-0.4, -0.2) is 198 Å². The number of hydrogen-bond donors (Lipinski definition) is 17.